The average molecular weight is 375 g/mol. The maximum atomic E-state index is 12.3. The molecule has 2 aromatic carbocycles. The number of amides is 1. The summed E-state index contributed by atoms with van der Waals surface area (Å²) in [6.45, 7) is 0. The van der Waals surface area contributed by atoms with E-state index in [1.807, 2.05) is 0 Å². The van der Waals surface area contributed by atoms with Gasteiger partial charge in [0.1, 0.15) is 11.5 Å². The fourth-order valence-corrected chi connectivity index (χ4v) is 2.36. The highest BCUT2D eigenvalue weighted by Gasteiger charge is 2.23. The van der Waals surface area contributed by atoms with Gasteiger partial charge in [-0.1, -0.05) is 6.07 Å². The third-order valence-electron chi connectivity index (χ3n) is 3.54. The first-order valence-electron chi connectivity index (χ1n) is 7.29. The Bertz CT molecular complexity index is 965. The highest BCUT2D eigenvalue weighted by molar-refractivity contribution is 6.12. The van der Waals surface area contributed by atoms with Crippen molar-refractivity contribution in [3.05, 3.63) is 52.6 Å². The Balaban J connectivity index is 2.43. The van der Waals surface area contributed by atoms with Crippen LogP contribution in [0, 0.1) is 0 Å². The molecule has 2 aromatic rings. The molecule has 27 heavy (non-hydrogen) atoms. The summed E-state index contributed by atoms with van der Waals surface area (Å²) < 4.78 is 0. The van der Waals surface area contributed by atoms with Gasteiger partial charge in [-0.3, -0.25) is 9.59 Å². The molecule has 2 rings (SSSR count). The number of rotatable bonds is 6. The molecule has 0 bridgehead atoms. The Morgan fingerprint density at radius 2 is 1.52 bits per heavy atom. The largest absolute Gasteiger partial charge is 0.508 e. The minimum Gasteiger partial charge on any atom is -0.508 e. The van der Waals surface area contributed by atoms with Gasteiger partial charge >= 0.3 is 17.9 Å². The van der Waals surface area contributed by atoms with Crippen LogP contribution in [0.4, 0.5) is 5.69 Å². The molecule has 0 spiro atoms. The van der Waals surface area contributed by atoms with Crippen molar-refractivity contribution in [3.8, 4) is 11.5 Å². The van der Waals surface area contributed by atoms with E-state index in [2.05, 4.69) is 5.32 Å². The lowest BCUT2D eigenvalue weighted by Gasteiger charge is -2.12. The lowest BCUT2D eigenvalue weighted by atomic mass is 10.0. The topological polar surface area (TPSA) is 181 Å². The van der Waals surface area contributed by atoms with E-state index in [9.17, 15) is 34.5 Å². The number of carboxylic acids is 3. The number of aliphatic carboxylic acids is 1. The van der Waals surface area contributed by atoms with E-state index in [-0.39, 0.29) is 11.3 Å². The van der Waals surface area contributed by atoms with Crippen LogP contribution in [0.25, 0.3) is 0 Å². The maximum absolute atomic E-state index is 12.3. The molecule has 0 aliphatic heterocycles. The second kappa shape index (κ2) is 7.44. The summed E-state index contributed by atoms with van der Waals surface area (Å²) in [4.78, 5) is 45.6. The summed E-state index contributed by atoms with van der Waals surface area (Å²) in [7, 11) is 0. The Morgan fingerprint density at radius 3 is 2.07 bits per heavy atom. The van der Waals surface area contributed by atoms with Crippen LogP contribution in [-0.2, 0) is 11.2 Å². The van der Waals surface area contributed by atoms with Crippen LogP contribution in [-0.4, -0.2) is 49.3 Å². The first kappa shape index (κ1) is 19.2. The van der Waals surface area contributed by atoms with Gasteiger partial charge in [0.25, 0.3) is 5.91 Å². The van der Waals surface area contributed by atoms with Crippen LogP contribution in [0.3, 0.4) is 0 Å². The van der Waals surface area contributed by atoms with Gasteiger partial charge in [-0.05, 0) is 24.3 Å². The molecular weight excluding hydrogens is 362 g/mol. The Morgan fingerprint density at radius 1 is 0.852 bits per heavy atom. The lowest BCUT2D eigenvalue weighted by molar-refractivity contribution is -0.136. The zero-order valence-electron chi connectivity index (χ0n) is 13.5. The first-order valence-corrected chi connectivity index (χ1v) is 7.29. The molecule has 0 atom stereocenters. The molecule has 140 valence electrons. The Hall–Kier alpha value is -4.08. The van der Waals surface area contributed by atoms with Crippen molar-refractivity contribution in [1.82, 2.24) is 0 Å². The van der Waals surface area contributed by atoms with E-state index in [4.69, 9.17) is 10.2 Å². The van der Waals surface area contributed by atoms with Crippen molar-refractivity contribution in [2.45, 2.75) is 6.42 Å². The molecular formula is C17H13NO9. The van der Waals surface area contributed by atoms with Crippen molar-refractivity contribution < 1.29 is 44.7 Å². The number of carboxylic acid groups (broad SMARTS) is 3. The zero-order chi connectivity index (χ0) is 20.3. The standard InChI is InChI=1S/C17H13NO9/c19-11-6-9(12(20)4-7(11)5-13(21)22)15(23)18-10-3-1-2-8(16(24)25)14(10)17(26)27/h1-4,6,19-20H,5H2,(H,18,23)(H,21,22)(H,24,25)(H,26,27). The summed E-state index contributed by atoms with van der Waals surface area (Å²) in [6, 6.07) is 5.14. The predicted octanol–water partition coefficient (Wildman–Crippen LogP) is 1.37. The first-order chi connectivity index (χ1) is 12.6. The monoisotopic (exact) mass is 375 g/mol. The lowest BCUT2D eigenvalue weighted by Crippen LogP contribution is -2.17. The second-order valence-electron chi connectivity index (χ2n) is 5.36. The number of carbonyl (C=O) groups excluding carboxylic acids is 1. The fourth-order valence-electron chi connectivity index (χ4n) is 2.36. The molecule has 0 saturated heterocycles. The van der Waals surface area contributed by atoms with E-state index in [1.165, 1.54) is 6.07 Å². The number of aromatic hydroxyl groups is 2. The Kier molecular flexibility index (Phi) is 5.30. The van der Waals surface area contributed by atoms with Crippen LogP contribution in [0.2, 0.25) is 0 Å². The summed E-state index contributed by atoms with van der Waals surface area (Å²) in [5.74, 6) is -6.60. The van der Waals surface area contributed by atoms with Gasteiger partial charge in [-0.25, -0.2) is 9.59 Å². The number of phenolic OH excluding ortho intramolecular Hbond substituents is 2. The molecule has 0 heterocycles. The van der Waals surface area contributed by atoms with Gasteiger partial charge in [0.15, 0.2) is 0 Å². The molecule has 1 amide bonds. The van der Waals surface area contributed by atoms with Gasteiger partial charge in [0.05, 0.1) is 28.8 Å². The van der Waals surface area contributed by atoms with Crippen LogP contribution in [0.15, 0.2) is 30.3 Å². The number of aromatic carboxylic acids is 2. The highest BCUT2D eigenvalue weighted by Crippen LogP contribution is 2.29. The average Bonchev–Trinajstić information content (AvgIpc) is 2.56. The van der Waals surface area contributed by atoms with Crippen molar-refractivity contribution >= 4 is 29.5 Å². The van der Waals surface area contributed by atoms with Crippen molar-refractivity contribution in [2.75, 3.05) is 5.32 Å². The van der Waals surface area contributed by atoms with E-state index in [0.717, 1.165) is 24.3 Å². The van der Waals surface area contributed by atoms with Crippen molar-refractivity contribution in [3.63, 3.8) is 0 Å². The zero-order valence-corrected chi connectivity index (χ0v) is 13.5. The number of carbonyl (C=O) groups is 4. The van der Waals surface area contributed by atoms with E-state index < -0.39 is 58.4 Å². The third kappa shape index (κ3) is 4.12. The summed E-state index contributed by atoms with van der Waals surface area (Å²) in [5.41, 5.74) is -2.14. The number of benzene rings is 2. The highest BCUT2D eigenvalue weighted by atomic mass is 16.4. The molecule has 0 unspecified atom stereocenters. The van der Waals surface area contributed by atoms with Crippen LogP contribution in [0.1, 0.15) is 36.6 Å². The van der Waals surface area contributed by atoms with Crippen LogP contribution >= 0.6 is 0 Å². The van der Waals surface area contributed by atoms with Gasteiger partial charge in [-0.15, -0.1) is 0 Å². The maximum Gasteiger partial charge on any atom is 0.338 e. The van der Waals surface area contributed by atoms with E-state index in [0.29, 0.717) is 0 Å². The Labute approximate surface area is 150 Å². The van der Waals surface area contributed by atoms with E-state index in [1.54, 1.807) is 0 Å². The summed E-state index contributed by atoms with van der Waals surface area (Å²) in [5, 5.41) is 48.9. The normalized spacial score (nSPS) is 10.2. The molecule has 0 aromatic heterocycles. The minimum absolute atomic E-state index is 0.129. The SMILES string of the molecule is O=C(O)Cc1cc(O)c(C(=O)Nc2cccc(C(=O)O)c2C(=O)O)cc1O. The molecule has 0 saturated carbocycles. The molecule has 10 heteroatoms. The predicted molar refractivity (Wildman–Crippen MR) is 89.4 cm³/mol. The number of phenols is 2. The number of nitrogens with one attached hydrogen (secondary N) is 1. The molecule has 10 nitrogen and oxygen atoms in total. The fraction of sp³-hybridized carbons (Fsp3) is 0.0588. The third-order valence-corrected chi connectivity index (χ3v) is 3.54. The minimum atomic E-state index is -1.59. The quantitative estimate of drug-likeness (QED) is 0.406. The summed E-state index contributed by atoms with van der Waals surface area (Å²) >= 11 is 0. The number of hydrogen-bond acceptors (Lipinski definition) is 6. The summed E-state index contributed by atoms with van der Waals surface area (Å²) in [6.07, 6.45) is -0.592. The molecule has 0 aliphatic rings. The molecule has 0 fully saturated rings. The second-order valence-corrected chi connectivity index (χ2v) is 5.36. The van der Waals surface area contributed by atoms with Crippen LogP contribution in [0.5, 0.6) is 11.5 Å². The molecule has 0 aliphatic carbocycles. The van der Waals surface area contributed by atoms with Gasteiger partial charge in [0.2, 0.25) is 0 Å². The number of anilines is 1. The number of hydrogen-bond donors (Lipinski definition) is 6. The molecule has 0 radical (unpaired) electrons. The van der Waals surface area contributed by atoms with Crippen molar-refractivity contribution in [1.29, 1.82) is 0 Å². The van der Waals surface area contributed by atoms with Crippen LogP contribution < -0.4 is 5.32 Å². The van der Waals surface area contributed by atoms with Gasteiger partial charge in [0, 0.05) is 5.56 Å². The smallest absolute Gasteiger partial charge is 0.338 e. The van der Waals surface area contributed by atoms with Gasteiger partial charge < -0.3 is 30.8 Å². The van der Waals surface area contributed by atoms with Crippen molar-refractivity contribution in [2.24, 2.45) is 0 Å². The van der Waals surface area contributed by atoms with E-state index >= 15 is 0 Å². The molecule has 6 N–H and O–H groups in total. The van der Waals surface area contributed by atoms with Gasteiger partial charge in [-0.2, -0.15) is 0 Å².